The summed E-state index contributed by atoms with van der Waals surface area (Å²) < 4.78 is 5.12. The third-order valence-corrected chi connectivity index (χ3v) is 3.31. The molecule has 1 heterocycles. The fourth-order valence-electron chi connectivity index (χ4n) is 2.43. The molecule has 22 heavy (non-hydrogen) atoms. The van der Waals surface area contributed by atoms with Crippen molar-refractivity contribution < 1.29 is 14.3 Å². The molecule has 120 valence electrons. The average molecular weight is 305 g/mol. The number of nitrogen functional groups attached to an aromatic ring is 1. The highest BCUT2D eigenvalue weighted by atomic mass is 16.6. The number of carbonyl (C=O) groups excluding carboxylic acids is 2. The zero-order valence-electron chi connectivity index (χ0n) is 13.3. The lowest BCUT2D eigenvalue weighted by atomic mass is 10.0. The van der Waals surface area contributed by atoms with Gasteiger partial charge in [-0.1, -0.05) is 0 Å². The summed E-state index contributed by atoms with van der Waals surface area (Å²) in [6.07, 6.45) is 1.20. The molecule has 0 atom stereocenters. The van der Waals surface area contributed by atoms with Crippen LogP contribution in [0.1, 0.15) is 32.8 Å². The van der Waals surface area contributed by atoms with Gasteiger partial charge in [0.15, 0.2) is 0 Å². The Hall–Kier alpha value is -2.24. The predicted octanol–water partition coefficient (Wildman–Crippen LogP) is 2.07. The van der Waals surface area contributed by atoms with Crippen LogP contribution < -0.4 is 16.0 Å². The highest BCUT2D eigenvalue weighted by molar-refractivity contribution is 5.97. The van der Waals surface area contributed by atoms with Gasteiger partial charge in [0.05, 0.1) is 0 Å². The van der Waals surface area contributed by atoms with E-state index in [-0.39, 0.29) is 12.5 Å². The number of alkyl carbamates (subject to hydrolysis) is 1. The van der Waals surface area contributed by atoms with Crippen LogP contribution in [0.15, 0.2) is 18.2 Å². The smallest absolute Gasteiger partial charge is 0.408 e. The van der Waals surface area contributed by atoms with Crippen molar-refractivity contribution in [3.63, 3.8) is 0 Å². The number of hydrogen-bond donors (Lipinski definition) is 2. The highest BCUT2D eigenvalue weighted by Crippen LogP contribution is 2.28. The van der Waals surface area contributed by atoms with Gasteiger partial charge < -0.3 is 20.7 Å². The van der Waals surface area contributed by atoms with Crippen LogP contribution in [0.5, 0.6) is 0 Å². The summed E-state index contributed by atoms with van der Waals surface area (Å²) in [5, 5.41) is 2.50. The number of nitrogens with zero attached hydrogens (tertiary/aromatic N) is 1. The van der Waals surface area contributed by atoms with Crippen molar-refractivity contribution >= 4 is 23.4 Å². The molecule has 0 fully saturated rings. The van der Waals surface area contributed by atoms with Gasteiger partial charge >= 0.3 is 6.09 Å². The molecule has 3 N–H and O–H groups in total. The molecule has 0 radical (unpaired) electrons. The van der Waals surface area contributed by atoms with Gasteiger partial charge in [0, 0.05) is 17.9 Å². The van der Waals surface area contributed by atoms with Crippen molar-refractivity contribution in [2.75, 3.05) is 23.7 Å². The van der Waals surface area contributed by atoms with Gasteiger partial charge in [0.1, 0.15) is 12.1 Å². The fourth-order valence-corrected chi connectivity index (χ4v) is 2.43. The van der Waals surface area contributed by atoms with Crippen LogP contribution in [0.25, 0.3) is 0 Å². The Morgan fingerprint density at radius 2 is 2.09 bits per heavy atom. The molecule has 0 unspecified atom stereocenters. The molecule has 0 aliphatic carbocycles. The summed E-state index contributed by atoms with van der Waals surface area (Å²) in [5.41, 5.74) is 7.84. The number of anilines is 2. The van der Waals surface area contributed by atoms with Gasteiger partial charge in [-0.05, 0) is 57.4 Å². The molecule has 0 bridgehead atoms. The van der Waals surface area contributed by atoms with Crippen molar-refractivity contribution in [1.29, 1.82) is 0 Å². The Bertz CT molecular complexity index is 578. The van der Waals surface area contributed by atoms with E-state index in [2.05, 4.69) is 5.32 Å². The number of hydrogen-bond acceptors (Lipinski definition) is 4. The van der Waals surface area contributed by atoms with Crippen LogP contribution in [0.2, 0.25) is 0 Å². The largest absolute Gasteiger partial charge is 0.444 e. The number of carbonyl (C=O) groups is 2. The molecule has 2 rings (SSSR count). The molecule has 6 nitrogen and oxygen atoms in total. The van der Waals surface area contributed by atoms with E-state index in [4.69, 9.17) is 10.5 Å². The summed E-state index contributed by atoms with van der Waals surface area (Å²) in [5.74, 6) is -0.156. The molecular weight excluding hydrogens is 282 g/mol. The lowest BCUT2D eigenvalue weighted by molar-refractivity contribution is -0.117. The number of benzene rings is 1. The molecule has 0 spiro atoms. The van der Waals surface area contributed by atoms with E-state index in [0.29, 0.717) is 12.2 Å². The summed E-state index contributed by atoms with van der Waals surface area (Å²) in [4.78, 5) is 25.6. The molecule has 0 aromatic heterocycles. The van der Waals surface area contributed by atoms with Crippen molar-refractivity contribution in [3.05, 3.63) is 23.8 Å². The van der Waals surface area contributed by atoms with Gasteiger partial charge in [-0.25, -0.2) is 4.79 Å². The summed E-state index contributed by atoms with van der Waals surface area (Å²) in [6.45, 7) is 5.89. The van der Waals surface area contributed by atoms with E-state index in [1.165, 1.54) is 0 Å². The van der Waals surface area contributed by atoms with Crippen LogP contribution in [-0.2, 0) is 16.0 Å². The van der Waals surface area contributed by atoms with Crippen LogP contribution in [0, 0.1) is 0 Å². The van der Waals surface area contributed by atoms with E-state index in [9.17, 15) is 9.59 Å². The van der Waals surface area contributed by atoms with Gasteiger partial charge in [0.25, 0.3) is 0 Å². The first kappa shape index (κ1) is 16.1. The second kappa shape index (κ2) is 6.25. The van der Waals surface area contributed by atoms with Gasteiger partial charge in [0.2, 0.25) is 5.91 Å². The van der Waals surface area contributed by atoms with Gasteiger partial charge in [-0.3, -0.25) is 4.79 Å². The Balaban J connectivity index is 1.98. The zero-order chi connectivity index (χ0) is 16.3. The fraction of sp³-hybridized carbons (Fsp3) is 0.500. The van der Waals surface area contributed by atoms with E-state index >= 15 is 0 Å². The van der Waals surface area contributed by atoms with Gasteiger partial charge in [-0.15, -0.1) is 0 Å². The number of rotatable bonds is 2. The topological polar surface area (TPSA) is 84.7 Å². The van der Waals surface area contributed by atoms with Crippen molar-refractivity contribution in [3.8, 4) is 0 Å². The average Bonchev–Trinajstić information content (AvgIpc) is 2.42. The second-order valence-corrected chi connectivity index (χ2v) is 6.39. The minimum absolute atomic E-state index is 0.0846. The number of nitrogens with one attached hydrogen (secondary N) is 1. The molecule has 1 aliphatic heterocycles. The summed E-state index contributed by atoms with van der Waals surface area (Å²) >= 11 is 0. The lowest BCUT2D eigenvalue weighted by Crippen LogP contribution is -2.43. The van der Waals surface area contributed by atoms with E-state index in [0.717, 1.165) is 24.1 Å². The van der Waals surface area contributed by atoms with Crippen molar-refractivity contribution in [1.82, 2.24) is 5.32 Å². The summed E-state index contributed by atoms with van der Waals surface area (Å²) in [6, 6.07) is 5.54. The Morgan fingerprint density at radius 3 is 2.77 bits per heavy atom. The summed E-state index contributed by atoms with van der Waals surface area (Å²) in [7, 11) is 0. The maximum absolute atomic E-state index is 12.3. The number of ether oxygens (including phenoxy) is 1. The van der Waals surface area contributed by atoms with Crippen molar-refractivity contribution in [2.45, 2.75) is 39.2 Å². The minimum Gasteiger partial charge on any atom is -0.444 e. The Morgan fingerprint density at radius 1 is 1.36 bits per heavy atom. The zero-order valence-corrected chi connectivity index (χ0v) is 13.3. The predicted molar refractivity (Wildman–Crippen MR) is 85.8 cm³/mol. The van der Waals surface area contributed by atoms with Crippen LogP contribution in [0.3, 0.4) is 0 Å². The first-order valence-electron chi connectivity index (χ1n) is 7.42. The Labute approximate surface area is 130 Å². The maximum atomic E-state index is 12.3. The molecule has 1 aliphatic rings. The monoisotopic (exact) mass is 305 g/mol. The quantitative estimate of drug-likeness (QED) is 0.819. The second-order valence-electron chi connectivity index (χ2n) is 6.39. The van der Waals surface area contributed by atoms with Gasteiger partial charge in [-0.2, -0.15) is 0 Å². The molecule has 6 heteroatoms. The van der Waals surface area contributed by atoms with Crippen LogP contribution in [0.4, 0.5) is 16.2 Å². The van der Waals surface area contributed by atoms with E-state index < -0.39 is 11.7 Å². The van der Waals surface area contributed by atoms with E-state index in [1.54, 1.807) is 31.7 Å². The van der Waals surface area contributed by atoms with Crippen molar-refractivity contribution in [2.24, 2.45) is 0 Å². The molecule has 0 saturated heterocycles. The molecule has 1 aromatic rings. The Kier molecular flexibility index (Phi) is 4.59. The normalized spacial score (nSPS) is 14.2. The highest BCUT2D eigenvalue weighted by Gasteiger charge is 2.23. The lowest BCUT2D eigenvalue weighted by Gasteiger charge is -2.30. The minimum atomic E-state index is -0.588. The number of aryl methyl sites for hydroxylation is 1. The van der Waals surface area contributed by atoms with Crippen LogP contribution in [-0.4, -0.2) is 30.7 Å². The number of fused-ring (bicyclic) bond motifs is 1. The first-order valence-corrected chi connectivity index (χ1v) is 7.42. The third-order valence-electron chi connectivity index (χ3n) is 3.31. The molecular formula is C16H23N3O3. The standard InChI is InChI=1S/C16H23N3O3/c1-16(2,3)22-15(21)18-10-14(20)19-8-4-5-11-9-12(17)6-7-13(11)19/h6-7,9H,4-5,8,10,17H2,1-3H3,(H,18,21). The number of nitrogens with two attached hydrogens (primary N) is 1. The number of amides is 2. The first-order chi connectivity index (χ1) is 10.3. The SMILES string of the molecule is CC(C)(C)OC(=O)NCC(=O)N1CCCc2cc(N)ccc21. The van der Waals surface area contributed by atoms with Crippen LogP contribution >= 0.6 is 0 Å². The van der Waals surface area contributed by atoms with E-state index in [1.807, 2.05) is 12.1 Å². The maximum Gasteiger partial charge on any atom is 0.408 e. The third kappa shape index (κ3) is 4.13. The molecule has 2 amide bonds. The molecule has 0 saturated carbocycles. The molecule has 1 aromatic carbocycles.